The van der Waals surface area contributed by atoms with Crippen molar-refractivity contribution in [3.63, 3.8) is 0 Å². The van der Waals surface area contributed by atoms with Gasteiger partial charge in [-0.15, -0.1) is 0 Å². The Morgan fingerprint density at radius 2 is 1.87 bits per heavy atom. The molecule has 38 heavy (non-hydrogen) atoms. The van der Waals surface area contributed by atoms with E-state index in [4.69, 9.17) is 10.5 Å². The van der Waals surface area contributed by atoms with Gasteiger partial charge in [-0.2, -0.15) is 9.97 Å². The standard InChI is InChI=1S/C28H33N7O2S/c1-3-4-12-37-27-32-25(29)24-26(33-27)35(28(36)31-24)16-18-9-11-21-23(14-18)38-22-13-17(8-10-20(22)34(21)2)15-30-19-6-5-7-19/h8-11,13-14,19,30H,3-7,12,15-16H2,1-2H3,(H,31,36)(H2,29,32,33). The third-order valence-corrected chi connectivity index (χ3v) is 8.48. The fourth-order valence-electron chi connectivity index (χ4n) is 4.90. The van der Waals surface area contributed by atoms with Gasteiger partial charge in [-0.3, -0.25) is 4.57 Å². The Balaban J connectivity index is 1.26. The minimum atomic E-state index is -0.275. The van der Waals surface area contributed by atoms with Crippen molar-refractivity contribution >= 4 is 40.1 Å². The van der Waals surface area contributed by atoms with E-state index in [0.29, 0.717) is 30.4 Å². The first kappa shape index (κ1) is 24.8. The summed E-state index contributed by atoms with van der Waals surface area (Å²) in [5.41, 5.74) is 11.4. The van der Waals surface area contributed by atoms with Gasteiger partial charge in [0.2, 0.25) is 0 Å². The molecule has 6 rings (SSSR count). The molecule has 0 saturated heterocycles. The monoisotopic (exact) mass is 531 g/mol. The number of hydrogen-bond acceptors (Lipinski definition) is 8. The Bertz CT molecular complexity index is 1540. The maximum atomic E-state index is 12.9. The minimum absolute atomic E-state index is 0.193. The van der Waals surface area contributed by atoms with E-state index >= 15 is 0 Å². The van der Waals surface area contributed by atoms with E-state index in [1.807, 2.05) is 0 Å². The van der Waals surface area contributed by atoms with Gasteiger partial charge in [0.1, 0.15) is 5.52 Å². The SMILES string of the molecule is CCCCOc1nc(N)c2[nH]c(=O)n(Cc3ccc4c(c3)Sc3cc(CNC5CCC5)ccc3N4C)c2n1. The van der Waals surface area contributed by atoms with Crippen LogP contribution in [0, 0.1) is 0 Å². The summed E-state index contributed by atoms with van der Waals surface area (Å²) in [7, 11) is 2.10. The van der Waals surface area contributed by atoms with E-state index < -0.39 is 0 Å². The lowest BCUT2D eigenvalue weighted by Gasteiger charge is -2.31. The molecule has 0 spiro atoms. The van der Waals surface area contributed by atoms with Crippen LogP contribution in [0.1, 0.15) is 50.2 Å². The third-order valence-electron chi connectivity index (χ3n) is 7.39. The molecule has 10 heteroatoms. The quantitative estimate of drug-likeness (QED) is 0.264. The lowest BCUT2D eigenvalue weighted by Crippen LogP contribution is -2.34. The van der Waals surface area contributed by atoms with Gasteiger partial charge >= 0.3 is 11.7 Å². The molecule has 0 atom stereocenters. The number of anilines is 3. The summed E-state index contributed by atoms with van der Waals surface area (Å²) >= 11 is 1.77. The summed E-state index contributed by atoms with van der Waals surface area (Å²) < 4.78 is 7.27. The highest BCUT2D eigenvalue weighted by molar-refractivity contribution is 7.99. The molecular formula is C28H33N7O2S. The topological polar surface area (TPSA) is 114 Å². The van der Waals surface area contributed by atoms with Crippen LogP contribution in [0.15, 0.2) is 51.0 Å². The molecule has 3 heterocycles. The average molecular weight is 532 g/mol. The first-order valence-corrected chi connectivity index (χ1v) is 14.1. The number of nitrogens with two attached hydrogens (primary N) is 1. The maximum absolute atomic E-state index is 12.9. The van der Waals surface area contributed by atoms with Crippen LogP contribution < -0.4 is 26.4 Å². The number of nitrogens with one attached hydrogen (secondary N) is 2. The second-order valence-electron chi connectivity index (χ2n) is 10.1. The van der Waals surface area contributed by atoms with Crippen LogP contribution in [-0.2, 0) is 13.1 Å². The van der Waals surface area contributed by atoms with Gasteiger partial charge in [-0.05, 0) is 54.7 Å². The first-order chi connectivity index (χ1) is 18.5. The van der Waals surface area contributed by atoms with Crippen LogP contribution in [-0.4, -0.2) is 39.2 Å². The molecule has 4 N–H and O–H groups in total. The van der Waals surface area contributed by atoms with Crippen molar-refractivity contribution in [2.75, 3.05) is 24.3 Å². The predicted octanol–water partition coefficient (Wildman–Crippen LogP) is 4.80. The van der Waals surface area contributed by atoms with E-state index in [2.05, 4.69) is 75.5 Å². The number of imidazole rings is 1. The molecule has 198 valence electrons. The summed E-state index contributed by atoms with van der Waals surface area (Å²) in [5, 5.41) is 3.66. The number of benzene rings is 2. The Kier molecular flexibility index (Phi) is 6.75. The highest BCUT2D eigenvalue weighted by Gasteiger charge is 2.23. The van der Waals surface area contributed by atoms with Crippen molar-refractivity contribution in [1.29, 1.82) is 0 Å². The van der Waals surface area contributed by atoms with Crippen LogP contribution >= 0.6 is 11.8 Å². The number of fused-ring (bicyclic) bond motifs is 3. The Hall–Kier alpha value is -3.50. The van der Waals surface area contributed by atoms with E-state index in [-0.39, 0.29) is 17.5 Å². The zero-order valence-corrected chi connectivity index (χ0v) is 22.6. The molecule has 4 aromatic rings. The average Bonchev–Trinajstić information content (AvgIpc) is 3.18. The molecule has 2 aliphatic rings. The maximum Gasteiger partial charge on any atom is 0.328 e. The molecule has 1 saturated carbocycles. The van der Waals surface area contributed by atoms with Gasteiger partial charge in [0.15, 0.2) is 11.5 Å². The molecule has 0 bridgehead atoms. The van der Waals surface area contributed by atoms with E-state index in [9.17, 15) is 4.79 Å². The number of nitrogen functional groups attached to an aromatic ring is 1. The van der Waals surface area contributed by atoms with E-state index in [1.54, 1.807) is 16.3 Å². The smallest absolute Gasteiger partial charge is 0.328 e. The van der Waals surface area contributed by atoms with Crippen molar-refractivity contribution in [3.8, 4) is 6.01 Å². The normalized spacial score (nSPS) is 14.8. The summed E-state index contributed by atoms with van der Waals surface area (Å²) in [6, 6.07) is 13.9. The number of rotatable bonds is 9. The second-order valence-corrected chi connectivity index (χ2v) is 11.2. The molecule has 1 fully saturated rings. The number of nitrogens with zero attached hydrogens (tertiary/aromatic N) is 4. The number of ether oxygens (including phenoxy) is 1. The molecule has 2 aromatic carbocycles. The second kappa shape index (κ2) is 10.3. The van der Waals surface area contributed by atoms with Crippen LogP contribution in [0.3, 0.4) is 0 Å². The lowest BCUT2D eigenvalue weighted by molar-refractivity contribution is 0.286. The van der Waals surface area contributed by atoms with Crippen LogP contribution in [0.25, 0.3) is 11.2 Å². The number of aromatic nitrogens is 4. The van der Waals surface area contributed by atoms with Gasteiger partial charge in [0.25, 0.3) is 0 Å². The highest BCUT2D eigenvalue weighted by Crippen LogP contribution is 2.48. The zero-order valence-electron chi connectivity index (χ0n) is 21.8. The van der Waals surface area contributed by atoms with Crippen molar-refractivity contribution in [1.82, 2.24) is 24.8 Å². The summed E-state index contributed by atoms with van der Waals surface area (Å²) in [6.07, 6.45) is 5.79. The fraction of sp³-hybridized carbons (Fsp3) is 0.393. The molecule has 1 aliphatic heterocycles. The highest BCUT2D eigenvalue weighted by atomic mass is 32.2. The van der Waals surface area contributed by atoms with Gasteiger partial charge in [0, 0.05) is 29.4 Å². The van der Waals surface area contributed by atoms with Gasteiger partial charge in [-0.1, -0.05) is 43.7 Å². The number of aromatic amines is 1. The van der Waals surface area contributed by atoms with Crippen molar-refractivity contribution in [2.45, 2.75) is 68.0 Å². The Morgan fingerprint density at radius 3 is 2.58 bits per heavy atom. The molecule has 0 unspecified atom stereocenters. The summed E-state index contributed by atoms with van der Waals surface area (Å²) in [5.74, 6) is 0.208. The summed E-state index contributed by atoms with van der Waals surface area (Å²) in [4.78, 5) is 29.0. The van der Waals surface area contributed by atoms with Crippen molar-refractivity contribution in [2.24, 2.45) is 0 Å². The number of hydrogen-bond donors (Lipinski definition) is 3. The van der Waals surface area contributed by atoms with Gasteiger partial charge in [-0.25, -0.2) is 4.79 Å². The zero-order chi connectivity index (χ0) is 26.2. The van der Waals surface area contributed by atoms with Crippen LogP contribution in [0.5, 0.6) is 6.01 Å². The molecule has 2 aromatic heterocycles. The van der Waals surface area contributed by atoms with Gasteiger partial charge < -0.3 is 25.7 Å². The lowest BCUT2D eigenvalue weighted by atomic mass is 9.93. The van der Waals surface area contributed by atoms with E-state index in [1.165, 1.54) is 35.4 Å². The van der Waals surface area contributed by atoms with Crippen LogP contribution in [0.2, 0.25) is 0 Å². The Morgan fingerprint density at radius 1 is 1.13 bits per heavy atom. The number of unbranched alkanes of at least 4 members (excludes halogenated alkanes) is 1. The molecule has 1 aliphatic carbocycles. The number of H-pyrrole nitrogens is 1. The van der Waals surface area contributed by atoms with Crippen molar-refractivity contribution < 1.29 is 4.74 Å². The third kappa shape index (κ3) is 4.74. The van der Waals surface area contributed by atoms with Gasteiger partial charge in [0.05, 0.1) is 24.5 Å². The largest absolute Gasteiger partial charge is 0.463 e. The van der Waals surface area contributed by atoms with Crippen molar-refractivity contribution in [3.05, 3.63) is 58.0 Å². The molecule has 0 radical (unpaired) electrons. The van der Waals surface area contributed by atoms with Crippen LogP contribution in [0.4, 0.5) is 17.2 Å². The van der Waals surface area contributed by atoms with E-state index in [0.717, 1.165) is 35.5 Å². The predicted molar refractivity (Wildman–Crippen MR) is 152 cm³/mol. The molecular weight excluding hydrogens is 498 g/mol. The molecule has 9 nitrogen and oxygen atoms in total. The Labute approximate surface area is 225 Å². The minimum Gasteiger partial charge on any atom is -0.463 e. The fourth-order valence-corrected chi connectivity index (χ4v) is 6.17. The molecule has 0 amide bonds. The summed E-state index contributed by atoms with van der Waals surface area (Å²) in [6.45, 7) is 3.85. The first-order valence-electron chi connectivity index (χ1n) is 13.3.